The summed E-state index contributed by atoms with van der Waals surface area (Å²) in [5, 5.41) is 9.15. The lowest BCUT2D eigenvalue weighted by Gasteiger charge is -2.08. The van der Waals surface area contributed by atoms with Gasteiger partial charge in [0.05, 0.1) is 5.56 Å². The third-order valence-corrected chi connectivity index (χ3v) is 4.38. The number of hydrogen-bond donors (Lipinski definition) is 1. The molecule has 1 N–H and O–H groups in total. The van der Waals surface area contributed by atoms with Gasteiger partial charge in [-0.05, 0) is 49.6 Å². The van der Waals surface area contributed by atoms with Gasteiger partial charge in [-0.1, -0.05) is 29.8 Å². The van der Waals surface area contributed by atoms with E-state index < -0.39 is 5.97 Å². The number of hydrogen-bond acceptors (Lipinski definition) is 2. The van der Waals surface area contributed by atoms with Gasteiger partial charge in [0.15, 0.2) is 0 Å². The molecule has 104 valence electrons. The number of carboxylic acid groups (broad SMARTS) is 1. The molecule has 0 aliphatic carbocycles. The van der Waals surface area contributed by atoms with Gasteiger partial charge >= 0.3 is 5.97 Å². The van der Waals surface area contributed by atoms with Crippen LogP contribution in [0.15, 0.2) is 41.3 Å². The molecule has 0 atom stereocenters. The van der Waals surface area contributed by atoms with Crippen LogP contribution in [0.2, 0.25) is 0 Å². The van der Waals surface area contributed by atoms with Gasteiger partial charge in [-0.15, -0.1) is 11.8 Å². The van der Waals surface area contributed by atoms with Gasteiger partial charge in [0.25, 0.3) is 0 Å². The summed E-state index contributed by atoms with van der Waals surface area (Å²) in [6, 6.07) is 12.0. The zero-order valence-corrected chi connectivity index (χ0v) is 12.8. The van der Waals surface area contributed by atoms with E-state index in [1.165, 1.54) is 16.7 Å². The van der Waals surface area contributed by atoms with E-state index >= 15 is 0 Å². The Labute approximate surface area is 123 Å². The molecule has 0 aliphatic rings. The van der Waals surface area contributed by atoms with Crippen molar-refractivity contribution in [1.29, 1.82) is 0 Å². The van der Waals surface area contributed by atoms with Gasteiger partial charge in [-0.2, -0.15) is 0 Å². The largest absolute Gasteiger partial charge is 0.478 e. The van der Waals surface area contributed by atoms with E-state index in [-0.39, 0.29) is 0 Å². The van der Waals surface area contributed by atoms with Crippen LogP contribution in [0, 0.1) is 20.8 Å². The Morgan fingerprint density at radius 3 is 2.45 bits per heavy atom. The van der Waals surface area contributed by atoms with Crippen molar-refractivity contribution >= 4 is 17.7 Å². The lowest BCUT2D eigenvalue weighted by molar-refractivity contribution is 0.0696. The van der Waals surface area contributed by atoms with Crippen LogP contribution in [-0.2, 0) is 5.75 Å². The van der Waals surface area contributed by atoms with Crippen molar-refractivity contribution in [3.05, 3.63) is 64.2 Å². The molecule has 20 heavy (non-hydrogen) atoms. The van der Waals surface area contributed by atoms with Crippen molar-refractivity contribution in [2.75, 3.05) is 0 Å². The smallest absolute Gasteiger partial charge is 0.335 e. The third kappa shape index (κ3) is 3.42. The Balaban J connectivity index is 2.17. The number of aryl methyl sites for hydroxylation is 3. The van der Waals surface area contributed by atoms with E-state index in [4.69, 9.17) is 5.11 Å². The fraction of sp³-hybridized carbons (Fsp3) is 0.235. The molecule has 0 fully saturated rings. The second-order valence-corrected chi connectivity index (χ2v) is 6.05. The van der Waals surface area contributed by atoms with Crippen LogP contribution < -0.4 is 0 Å². The average molecular weight is 286 g/mol. The topological polar surface area (TPSA) is 37.3 Å². The van der Waals surface area contributed by atoms with Gasteiger partial charge in [-0.25, -0.2) is 4.79 Å². The Hall–Kier alpha value is -1.74. The van der Waals surface area contributed by atoms with Crippen LogP contribution in [0.1, 0.15) is 32.6 Å². The minimum atomic E-state index is -0.864. The molecule has 2 aromatic rings. The Bertz CT molecular complexity index is 647. The highest BCUT2D eigenvalue weighted by Crippen LogP contribution is 2.26. The summed E-state index contributed by atoms with van der Waals surface area (Å²) < 4.78 is 0. The van der Waals surface area contributed by atoms with Crippen LogP contribution in [0.5, 0.6) is 0 Å². The van der Waals surface area contributed by atoms with E-state index in [0.29, 0.717) is 5.56 Å². The number of carboxylic acids is 1. The molecule has 0 saturated carbocycles. The predicted octanol–water partition coefficient (Wildman–Crippen LogP) is 4.60. The van der Waals surface area contributed by atoms with Gasteiger partial charge in [0.2, 0.25) is 0 Å². The minimum absolute atomic E-state index is 0.385. The van der Waals surface area contributed by atoms with Gasteiger partial charge in [-0.3, -0.25) is 0 Å². The van der Waals surface area contributed by atoms with Crippen LogP contribution in [-0.4, -0.2) is 11.1 Å². The Kier molecular flexibility index (Phi) is 4.50. The first-order valence-corrected chi connectivity index (χ1v) is 7.49. The average Bonchev–Trinajstić information content (AvgIpc) is 2.41. The van der Waals surface area contributed by atoms with Crippen LogP contribution in [0.3, 0.4) is 0 Å². The van der Waals surface area contributed by atoms with Crippen LogP contribution >= 0.6 is 11.8 Å². The molecule has 0 heterocycles. The first-order valence-electron chi connectivity index (χ1n) is 6.50. The zero-order chi connectivity index (χ0) is 14.7. The molecule has 0 spiro atoms. The van der Waals surface area contributed by atoms with Gasteiger partial charge in [0, 0.05) is 10.6 Å². The summed E-state index contributed by atoms with van der Waals surface area (Å²) in [4.78, 5) is 12.1. The van der Waals surface area contributed by atoms with Gasteiger partial charge in [0.1, 0.15) is 0 Å². The molecule has 0 radical (unpaired) electrons. The standard InChI is InChI=1S/C17H18O2S/c1-11-4-5-12(2)14(8-11)10-20-15-7-6-13(3)16(9-15)17(18)19/h4-9H,10H2,1-3H3,(H,18,19). The van der Waals surface area contributed by atoms with Crippen molar-refractivity contribution in [1.82, 2.24) is 0 Å². The van der Waals surface area contributed by atoms with E-state index in [1.807, 2.05) is 19.1 Å². The molecule has 2 nitrogen and oxygen atoms in total. The molecule has 0 aromatic heterocycles. The Morgan fingerprint density at radius 1 is 1.05 bits per heavy atom. The first kappa shape index (κ1) is 14.7. The number of rotatable bonds is 4. The molecule has 0 bridgehead atoms. The van der Waals surface area contributed by atoms with E-state index in [1.54, 1.807) is 17.8 Å². The summed E-state index contributed by atoms with van der Waals surface area (Å²) >= 11 is 1.67. The molecule has 0 saturated heterocycles. The molecule has 0 aliphatic heterocycles. The quantitative estimate of drug-likeness (QED) is 0.834. The highest BCUT2D eigenvalue weighted by Gasteiger charge is 2.08. The first-order chi connectivity index (χ1) is 9.47. The number of benzene rings is 2. The maximum absolute atomic E-state index is 11.1. The lowest BCUT2D eigenvalue weighted by Crippen LogP contribution is -1.99. The summed E-state index contributed by atoms with van der Waals surface area (Å²) in [7, 11) is 0. The SMILES string of the molecule is Cc1ccc(C)c(CSc2ccc(C)c(C(=O)O)c2)c1. The third-order valence-electron chi connectivity index (χ3n) is 3.34. The minimum Gasteiger partial charge on any atom is -0.478 e. The fourth-order valence-electron chi connectivity index (χ4n) is 2.04. The number of carbonyl (C=O) groups is 1. The highest BCUT2D eigenvalue weighted by molar-refractivity contribution is 7.98. The molecule has 2 aromatic carbocycles. The zero-order valence-electron chi connectivity index (χ0n) is 11.9. The molecular weight excluding hydrogens is 268 g/mol. The van der Waals surface area contributed by atoms with Crippen LogP contribution in [0.4, 0.5) is 0 Å². The second-order valence-electron chi connectivity index (χ2n) is 5.00. The normalized spacial score (nSPS) is 10.6. The second kappa shape index (κ2) is 6.14. The summed E-state index contributed by atoms with van der Waals surface area (Å²) in [6.07, 6.45) is 0. The molecular formula is C17H18O2S. The van der Waals surface area contributed by atoms with Crippen molar-refractivity contribution in [2.24, 2.45) is 0 Å². The highest BCUT2D eigenvalue weighted by atomic mass is 32.2. The van der Waals surface area contributed by atoms with Crippen molar-refractivity contribution < 1.29 is 9.90 Å². The van der Waals surface area contributed by atoms with Crippen molar-refractivity contribution in [2.45, 2.75) is 31.4 Å². The summed E-state index contributed by atoms with van der Waals surface area (Å²) in [5.41, 5.74) is 5.01. The van der Waals surface area contributed by atoms with Gasteiger partial charge < -0.3 is 5.11 Å². The number of thioether (sulfide) groups is 1. The van der Waals surface area contributed by atoms with E-state index in [9.17, 15) is 4.79 Å². The number of aromatic carboxylic acids is 1. The van der Waals surface area contributed by atoms with Crippen molar-refractivity contribution in [3.8, 4) is 0 Å². The molecule has 3 heteroatoms. The molecule has 0 unspecified atom stereocenters. The Morgan fingerprint density at radius 2 is 1.75 bits per heavy atom. The molecule has 0 amide bonds. The molecule has 2 rings (SSSR count). The maximum atomic E-state index is 11.1. The van der Waals surface area contributed by atoms with E-state index in [0.717, 1.165) is 16.2 Å². The lowest BCUT2D eigenvalue weighted by atomic mass is 10.1. The van der Waals surface area contributed by atoms with Crippen molar-refractivity contribution in [3.63, 3.8) is 0 Å². The summed E-state index contributed by atoms with van der Waals surface area (Å²) in [6.45, 7) is 6.01. The summed E-state index contributed by atoms with van der Waals surface area (Å²) in [5.74, 6) is -0.00740. The monoisotopic (exact) mass is 286 g/mol. The van der Waals surface area contributed by atoms with Crippen LogP contribution in [0.25, 0.3) is 0 Å². The maximum Gasteiger partial charge on any atom is 0.335 e. The van der Waals surface area contributed by atoms with E-state index in [2.05, 4.69) is 32.0 Å². The fourth-order valence-corrected chi connectivity index (χ4v) is 3.04. The predicted molar refractivity (Wildman–Crippen MR) is 83.6 cm³/mol.